The number of sulfonamides is 1. The third-order valence-corrected chi connectivity index (χ3v) is 6.58. The molecule has 0 radical (unpaired) electrons. The van der Waals surface area contributed by atoms with Crippen LogP contribution in [0, 0.1) is 11.3 Å². The number of aromatic nitrogens is 1. The molecule has 130 valence electrons. The van der Waals surface area contributed by atoms with Crippen LogP contribution in [0.3, 0.4) is 0 Å². The molecule has 0 amide bonds. The van der Waals surface area contributed by atoms with Crippen molar-refractivity contribution in [3.05, 3.63) is 23.9 Å². The maximum atomic E-state index is 12.2. The minimum absolute atomic E-state index is 0.0697. The van der Waals surface area contributed by atoms with E-state index < -0.39 is 15.6 Å². The summed E-state index contributed by atoms with van der Waals surface area (Å²) >= 11 is 0. The molecule has 2 atom stereocenters. The molecule has 2 aliphatic rings. The van der Waals surface area contributed by atoms with Crippen LogP contribution in [0.1, 0.15) is 31.9 Å². The Bertz CT molecular complexity index is 746. The van der Waals surface area contributed by atoms with Crippen molar-refractivity contribution in [3.63, 3.8) is 0 Å². The Labute approximate surface area is 142 Å². The first-order valence-electron chi connectivity index (χ1n) is 8.22. The molecule has 2 saturated heterocycles. The van der Waals surface area contributed by atoms with Gasteiger partial charge in [-0.05, 0) is 25.0 Å². The van der Waals surface area contributed by atoms with E-state index >= 15 is 0 Å². The number of ether oxygens (including phenoxy) is 1. The van der Waals surface area contributed by atoms with Gasteiger partial charge in [-0.1, -0.05) is 13.0 Å². The third kappa shape index (κ3) is 3.53. The summed E-state index contributed by atoms with van der Waals surface area (Å²) < 4.78 is 32.0. The molecular formula is C16H22N4O3S. The van der Waals surface area contributed by atoms with Gasteiger partial charge in [0.1, 0.15) is 17.6 Å². The number of nitrogens with one attached hydrogen (secondary N) is 1. The summed E-state index contributed by atoms with van der Waals surface area (Å²) in [6.45, 7) is 3.34. The van der Waals surface area contributed by atoms with Crippen LogP contribution in [-0.4, -0.2) is 54.8 Å². The number of pyridine rings is 1. The zero-order valence-corrected chi connectivity index (χ0v) is 14.6. The van der Waals surface area contributed by atoms with Crippen LogP contribution >= 0.6 is 0 Å². The average Bonchev–Trinajstić information content (AvgIpc) is 3.15. The number of nitriles is 1. The molecule has 0 aliphatic carbocycles. The van der Waals surface area contributed by atoms with Crippen molar-refractivity contribution in [1.29, 1.82) is 5.26 Å². The highest BCUT2D eigenvalue weighted by atomic mass is 32.2. The molecule has 8 heteroatoms. The topological polar surface area (TPSA) is 95.3 Å². The van der Waals surface area contributed by atoms with E-state index in [1.54, 1.807) is 16.4 Å². The quantitative estimate of drug-likeness (QED) is 0.861. The summed E-state index contributed by atoms with van der Waals surface area (Å²) in [7, 11) is -3.17. The Morgan fingerprint density at radius 2 is 2.38 bits per heavy atom. The number of anilines is 1. The fraction of sp³-hybridized carbons (Fsp3) is 0.625. The zero-order chi connectivity index (χ0) is 17.2. The number of rotatable bonds is 5. The highest BCUT2D eigenvalue weighted by Gasteiger charge is 2.48. The molecule has 7 nitrogen and oxygen atoms in total. The summed E-state index contributed by atoms with van der Waals surface area (Å²) in [5, 5.41) is 12.2. The molecule has 0 unspecified atom stereocenters. The third-order valence-electron chi connectivity index (χ3n) is 4.56. The van der Waals surface area contributed by atoms with E-state index in [1.165, 1.54) is 0 Å². The Morgan fingerprint density at radius 1 is 1.54 bits per heavy atom. The molecule has 1 N–H and O–H groups in total. The first-order valence-corrected chi connectivity index (χ1v) is 9.83. The van der Waals surface area contributed by atoms with Gasteiger partial charge in [-0.3, -0.25) is 0 Å². The maximum absolute atomic E-state index is 12.2. The molecule has 3 heterocycles. The Balaban J connectivity index is 1.62. The molecule has 0 aromatic carbocycles. The lowest BCUT2D eigenvalue weighted by Gasteiger charge is -2.23. The van der Waals surface area contributed by atoms with Crippen LogP contribution in [0.2, 0.25) is 0 Å². The smallest absolute Gasteiger partial charge is 0.214 e. The fourth-order valence-electron chi connectivity index (χ4n) is 3.44. The predicted molar refractivity (Wildman–Crippen MR) is 89.9 cm³/mol. The van der Waals surface area contributed by atoms with E-state index in [0.717, 1.165) is 12.8 Å². The predicted octanol–water partition coefficient (Wildman–Crippen LogP) is 1.34. The van der Waals surface area contributed by atoms with Gasteiger partial charge in [-0.15, -0.1) is 0 Å². The van der Waals surface area contributed by atoms with Crippen molar-refractivity contribution < 1.29 is 13.2 Å². The Morgan fingerprint density at radius 3 is 3.12 bits per heavy atom. The normalized spacial score (nSPS) is 27.4. The van der Waals surface area contributed by atoms with Crippen molar-refractivity contribution in [2.45, 2.75) is 37.8 Å². The van der Waals surface area contributed by atoms with E-state index in [0.29, 0.717) is 37.6 Å². The lowest BCUT2D eigenvalue weighted by atomic mass is 9.97. The molecule has 2 fully saturated rings. The van der Waals surface area contributed by atoms with Crippen molar-refractivity contribution >= 4 is 15.8 Å². The standard InChI is InChI=1S/C16H22N4O3S/c1-2-8-24(21,22)20-7-6-16(12-20)9-14(11-23-16)19-15-5-3-4-13(10-17)18-15/h3-5,14H,2,6-9,11-12H2,1H3,(H,18,19)/t14-,16-/m0/s1. The van der Waals surface area contributed by atoms with Gasteiger partial charge in [0.15, 0.2) is 0 Å². The summed E-state index contributed by atoms with van der Waals surface area (Å²) in [5.74, 6) is 0.837. The molecule has 3 rings (SSSR count). The molecule has 0 bridgehead atoms. The van der Waals surface area contributed by atoms with Crippen molar-refractivity contribution in [2.75, 3.05) is 30.8 Å². The fourth-order valence-corrected chi connectivity index (χ4v) is 5.02. The van der Waals surface area contributed by atoms with Gasteiger partial charge in [0.05, 0.1) is 24.0 Å². The van der Waals surface area contributed by atoms with E-state index in [2.05, 4.69) is 10.3 Å². The summed E-state index contributed by atoms with van der Waals surface area (Å²) in [6.07, 6.45) is 2.08. The average molecular weight is 350 g/mol. The summed E-state index contributed by atoms with van der Waals surface area (Å²) in [4.78, 5) is 4.21. The highest BCUT2D eigenvalue weighted by Crippen LogP contribution is 2.37. The summed E-state index contributed by atoms with van der Waals surface area (Å²) in [5.41, 5.74) is -0.0305. The van der Waals surface area contributed by atoms with Crippen molar-refractivity contribution in [1.82, 2.24) is 9.29 Å². The molecule has 1 aromatic rings. The van der Waals surface area contributed by atoms with Gasteiger partial charge in [0.25, 0.3) is 0 Å². The van der Waals surface area contributed by atoms with Gasteiger partial charge in [-0.2, -0.15) is 9.57 Å². The monoisotopic (exact) mass is 350 g/mol. The second-order valence-corrected chi connectivity index (χ2v) is 8.55. The largest absolute Gasteiger partial charge is 0.371 e. The maximum Gasteiger partial charge on any atom is 0.214 e. The van der Waals surface area contributed by atoms with Crippen molar-refractivity contribution in [2.24, 2.45) is 0 Å². The minimum atomic E-state index is -3.17. The molecule has 2 aliphatic heterocycles. The van der Waals surface area contributed by atoms with Crippen LogP contribution in [0.25, 0.3) is 0 Å². The molecule has 0 saturated carbocycles. The van der Waals surface area contributed by atoms with Gasteiger partial charge in [-0.25, -0.2) is 13.4 Å². The van der Waals surface area contributed by atoms with Gasteiger partial charge >= 0.3 is 0 Å². The van der Waals surface area contributed by atoms with Crippen LogP contribution in [0.5, 0.6) is 0 Å². The number of hydrogen-bond donors (Lipinski definition) is 1. The van der Waals surface area contributed by atoms with Crippen LogP contribution in [0.15, 0.2) is 18.2 Å². The Kier molecular flexibility index (Phi) is 4.76. The number of hydrogen-bond acceptors (Lipinski definition) is 6. The SMILES string of the molecule is CCCS(=O)(=O)N1CC[C@]2(C[C@H](Nc3cccc(C#N)n3)CO2)C1. The van der Waals surface area contributed by atoms with E-state index in [1.807, 2.05) is 19.1 Å². The van der Waals surface area contributed by atoms with Crippen LogP contribution in [0.4, 0.5) is 5.82 Å². The van der Waals surface area contributed by atoms with E-state index in [9.17, 15) is 8.42 Å². The molecule has 1 spiro atoms. The van der Waals surface area contributed by atoms with Crippen LogP contribution < -0.4 is 5.32 Å². The van der Waals surface area contributed by atoms with Gasteiger partial charge in [0, 0.05) is 19.5 Å². The minimum Gasteiger partial charge on any atom is -0.371 e. The van der Waals surface area contributed by atoms with Crippen LogP contribution in [-0.2, 0) is 14.8 Å². The Hall–Kier alpha value is -1.69. The van der Waals surface area contributed by atoms with Gasteiger partial charge < -0.3 is 10.1 Å². The zero-order valence-electron chi connectivity index (χ0n) is 13.7. The summed E-state index contributed by atoms with van der Waals surface area (Å²) in [6, 6.07) is 7.35. The second kappa shape index (κ2) is 6.67. The lowest BCUT2D eigenvalue weighted by Crippen LogP contribution is -2.37. The van der Waals surface area contributed by atoms with Gasteiger partial charge in [0.2, 0.25) is 10.0 Å². The second-order valence-electron chi connectivity index (χ2n) is 6.46. The molecule has 24 heavy (non-hydrogen) atoms. The van der Waals surface area contributed by atoms with E-state index in [4.69, 9.17) is 10.00 Å². The highest BCUT2D eigenvalue weighted by molar-refractivity contribution is 7.89. The van der Waals surface area contributed by atoms with Crippen molar-refractivity contribution in [3.8, 4) is 6.07 Å². The van der Waals surface area contributed by atoms with E-state index in [-0.39, 0.29) is 11.8 Å². The lowest BCUT2D eigenvalue weighted by molar-refractivity contribution is 0.0173. The number of nitrogens with zero attached hydrogens (tertiary/aromatic N) is 3. The molecule has 1 aromatic heterocycles. The first kappa shape index (κ1) is 17.1. The first-order chi connectivity index (χ1) is 11.5. The molecular weight excluding hydrogens is 328 g/mol.